The summed E-state index contributed by atoms with van der Waals surface area (Å²) in [6, 6.07) is 2.69. The first-order valence-electron chi connectivity index (χ1n) is 5.91. The zero-order chi connectivity index (χ0) is 13.8. The number of morpholine rings is 1. The van der Waals surface area contributed by atoms with Crippen molar-refractivity contribution >= 4 is 12.4 Å². The number of hydrogen-bond donors (Lipinski definition) is 0. The fourth-order valence-electron chi connectivity index (χ4n) is 1.85. The van der Waals surface area contributed by atoms with Gasteiger partial charge in [0.25, 0.3) is 0 Å². The molecule has 19 heavy (non-hydrogen) atoms. The van der Waals surface area contributed by atoms with E-state index in [0.717, 1.165) is 0 Å². The zero-order valence-electron chi connectivity index (χ0n) is 10.5. The molecule has 102 valence electrons. The minimum atomic E-state index is -0.719. The summed E-state index contributed by atoms with van der Waals surface area (Å²) in [4.78, 5) is 24.2. The third kappa shape index (κ3) is 3.08. The Kier molecular flexibility index (Phi) is 4.11. The smallest absolute Gasteiger partial charge is 0.406 e. The van der Waals surface area contributed by atoms with E-state index in [2.05, 4.69) is 0 Å². The van der Waals surface area contributed by atoms with Crippen molar-refractivity contribution in [2.45, 2.75) is 6.92 Å². The van der Waals surface area contributed by atoms with Gasteiger partial charge in [-0.2, -0.15) is 0 Å². The van der Waals surface area contributed by atoms with Crippen molar-refractivity contribution in [2.24, 2.45) is 0 Å². The number of benzene rings is 1. The van der Waals surface area contributed by atoms with Crippen molar-refractivity contribution in [3.8, 4) is 5.75 Å². The second-order valence-corrected chi connectivity index (χ2v) is 4.25. The minimum absolute atomic E-state index is 0.0270. The van der Waals surface area contributed by atoms with E-state index in [-0.39, 0.29) is 11.3 Å². The van der Waals surface area contributed by atoms with Crippen LogP contribution in [0.2, 0.25) is 0 Å². The Balaban J connectivity index is 2.18. The Bertz CT molecular complexity index is 498. The summed E-state index contributed by atoms with van der Waals surface area (Å²) in [5.74, 6) is -1.04. The summed E-state index contributed by atoms with van der Waals surface area (Å²) in [6.45, 7) is 3.28. The Hall–Kier alpha value is -1.95. The van der Waals surface area contributed by atoms with Gasteiger partial charge in [0.2, 0.25) is 0 Å². The Morgan fingerprint density at radius 1 is 1.42 bits per heavy atom. The maximum absolute atomic E-state index is 13.7. The van der Waals surface area contributed by atoms with Gasteiger partial charge in [-0.05, 0) is 24.6 Å². The predicted octanol–water partition coefficient (Wildman–Crippen LogP) is 1.78. The topological polar surface area (TPSA) is 55.8 Å². The van der Waals surface area contributed by atoms with Crippen LogP contribution >= 0.6 is 0 Å². The van der Waals surface area contributed by atoms with E-state index in [1.807, 2.05) is 0 Å². The molecule has 0 N–H and O–H groups in total. The van der Waals surface area contributed by atoms with Gasteiger partial charge in [-0.15, -0.1) is 0 Å². The van der Waals surface area contributed by atoms with Crippen LogP contribution in [0.15, 0.2) is 12.1 Å². The average Bonchev–Trinajstić information content (AvgIpc) is 2.42. The molecule has 1 aliphatic rings. The molecule has 0 atom stereocenters. The number of aldehydes is 1. The third-order valence-electron chi connectivity index (χ3n) is 2.80. The standard InChI is InChI=1S/C13H14FNO4/c1-9-6-10(8-16)12(11(14)7-9)19-13(17)15-2-4-18-5-3-15/h6-8H,2-5H2,1H3. The van der Waals surface area contributed by atoms with Crippen LogP contribution < -0.4 is 4.74 Å². The monoisotopic (exact) mass is 267 g/mol. The number of ether oxygens (including phenoxy) is 2. The molecule has 6 heteroatoms. The maximum Gasteiger partial charge on any atom is 0.415 e. The summed E-state index contributed by atoms with van der Waals surface area (Å²) in [5.41, 5.74) is 0.616. The molecule has 5 nitrogen and oxygen atoms in total. The van der Waals surface area contributed by atoms with E-state index in [0.29, 0.717) is 38.2 Å². The number of halogens is 1. The quantitative estimate of drug-likeness (QED) is 0.766. The van der Waals surface area contributed by atoms with Gasteiger partial charge in [-0.25, -0.2) is 9.18 Å². The molecule has 1 aliphatic heterocycles. The third-order valence-corrected chi connectivity index (χ3v) is 2.80. The number of amides is 1. The number of nitrogens with zero attached hydrogens (tertiary/aromatic N) is 1. The zero-order valence-corrected chi connectivity index (χ0v) is 10.5. The number of carbonyl (C=O) groups excluding carboxylic acids is 2. The van der Waals surface area contributed by atoms with E-state index >= 15 is 0 Å². The molecular weight excluding hydrogens is 253 g/mol. The summed E-state index contributed by atoms with van der Waals surface area (Å²) in [6.07, 6.45) is -0.202. The van der Waals surface area contributed by atoms with Crippen molar-refractivity contribution in [3.63, 3.8) is 0 Å². The highest BCUT2D eigenvalue weighted by Crippen LogP contribution is 2.24. The first-order chi connectivity index (χ1) is 9.11. The SMILES string of the molecule is Cc1cc(F)c(OC(=O)N2CCOCC2)c(C=O)c1. The number of hydrogen-bond acceptors (Lipinski definition) is 4. The van der Waals surface area contributed by atoms with Crippen LogP contribution in [-0.2, 0) is 4.74 Å². The Morgan fingerprint density at radius 3 is 2.74 bits per heavy atom. The number of rotatable bonds is 2. The molecule has 1 saturated heterocycles. The van der Waals surface area contributed by atoms with Crippen molar-refractivity contribution in [1.82, 2.24) is 4.90 Å². The molecule has 0 aromatic heterocycles. The molecule has 1 amide bonds. The highest BCUT2D eigenvalue weighted by atomic mass is 19.1. The second kappa shape index (κ2) is 5.79. The molecule has 0 unspecified atom stereocenters. The highest BCUT2D eigenvalue weighted by molar-refractivity contribution is 5.82. The van der Waals surface area contributed by atoms with Gasteiger partial charge in [0.05, 0.1) is 18.8 Å². The molecule has 0 radical (unpaired) electrons. The lowest BCUT2D eigenvalue weighted by molar-refractivity contribution is 0.0412. The van der Waals surface area contributed by atoms with Gasteiger partial charge < -0.3 is 14.4 Å². The molecular formula is C13H14FNO4. The van der Waals surface area contributed by atoms with Crippen LogP contribution in [0, 0.1) is 12.7 Å². The van der Waals surface area contributed by atoms with Crippen LogP contribution in [0.1, 0.15) is 15.9 Å². The molecule has 0 saturated carbocycles. The predicted molar refractivity (Wildman–Crippen MR) is 64.9 cm³/mol. The van der Waals surface area contributed by atoms with Crippen molar-refractivity contribution in [2.75, 3.05) is 26.3 Å². The second-order valence-electron chi connectivity index (χ2n) is 4.25. The van der Waals surface area contributed by atoms with Crippen molar-refractivity contribution in [1.29, 1.82) is 0 Å². The number of aryl methyl sites for hydroxylation is 1. The largest absolute Gasteiger partial charge is 0.415 e. The summed E-state index contributed by atoms with van der Waals surface area (Å²) >= 11 is 0. The first-order valence-corrected chi connectivity index (χ1v) is 5.91. The van der Waals surface area contributed by atoms with Gasteiger partial charge >= 0.3 is 6.09 Å². The molecule has 2 rings (SSSR count). The lowest BCUT2D eigenvalue weighted by Gasteiger charge is -2.26. The fraction of sp³-hybridized carbons (Fsp3) is 0.385. The molecule has 1 heterocycles. The van der Waals surface area contributed by atoms with Gasteiger partial charge in [0.15, 0.2) is 17.9 Å². The first kappa shape index (κ1) is 13.5. The van der Waals surface area contributed by atoms with Crippen LogP contribution in [0.5, 0.6) is 5.75 Å². The van der Waals surface area contributed by atoms with Gasteiger partial charge in [-0.3, -0.25) is 4.79 Å². The molecule has 1 fully saturated rings. The average molecular weight is 267 g/mol. The van der Waals surface area contributed by atoms with Crippen molar-refractivity contribution in [3.05, 3.63) is 29.1 Å². The highest BCUT2D eigenvalue weighted by Gasteiger charge is 2.22. The van der Waals surface area contributed by atoms with Crippen LogP contribution in [-0.4, -0.2) is 43.6 Å². The maximum atomic E-state index is 13.7. The van der Waals surface area contributed by atoms with Crippen LogP contribution in [0.4, 0.5) is 9.18 Å². The van der Waals surface area contributed by atoms with E-state index in [1.54, 1.807) is 6.92 Å². The summed E-state index contributed by atoms with van der Waals surface area (Å²) in [5, 5.41) is 0. The van der Waals surface area contributed by atoms with E-state index < -0.39 is 11.9 Å². The minimum Gasteiger partial charge on any atom is -0.406 e. The van der Waals surface area contributed by atoms with Crippen LogP contribution in [0.3, 0.4) is 0 Å². The Morgan fingerprint density at radius 2 is 2.11 bits per heavy atom. The Labute approximate surface area is 109 Å². The molecule has 0 spiro atoms. The molecule has 1 aromatic carbocycles. The molecule has 1 aromatic rings. The fourth-order valence-corrected chi connectivity index (χ4v) is 1.85. The molecule has 0 aliphatic carbocycles. The lowest BCUT2D eigenvalue weighted by Crippen LogP contribution is -2.42. The summed E-state index contributed by atoms with van der Waals surface area (Å²) in [7, 11) is 0. The normalized spacial score (nSPS) is 15.2. The summed E-state index contributed by atoms with van der Waals surface area (Å²) < 4.78 is 23.8. The van der Waals surface area contributed by atoms with Gasteiger partial charge in [-0.1, -0.05) is 0 Å². The molecule has 0 bridgehead atoms. The van der Waals surface area contributed by atoms with Gasteiger partial charge in [0.1, 0.15) is 0 Å². The van der Waals surface area contributed by atoms with E-state index in [9.17, 15) is 14.0 Å². The van der Waals surface area contributed by atoms with E-state index in [4.69, 9.17) is 9.47 Å². The van der Waals surface area contributed by atoms with Crippen molar-refractivity contribution < 1.29 is 23.5 Å². The lowest BCUT2D eigenvalue weighted by atomic mass is 10.1. The number of carbonyl (C=O) groups is 2. The van der Waals surface area contributed by atoms with E-state index in [1.165, 1.54) is 17.0 Å². The van der Waals surface area contributed by atoms with Gasteiger partial charge in [0, 0.05) is 13.1 Å². The van der Waals surface area contributed by atoms with Crippen LogP contribution in [0.25, 0.3) is 0 Å².